The zero-order valence-electron chi connectivity index (χ0n) is 9.31. The van der Waals surface area contributed by atoms with E-state index >= 15 is 0 Å². The maximum absolute atomic E-state index is 10.8. The van der Waals surface area contributed by atoms with Crippen molar-refractivity contribution in [1.29, 1.82) is 0 Å². The quantitative estimate of drug-likeness (QED) is 0.488. The van der Waals surface area contributed by atoms with E-state index in [9.17, 15) is 14.3 Å². The third kappa shape index (κ3) is 4.41. The normalized spacial score (nSPS) is 12.4. The summed E-state index contributed by atoms with van der Waals surface area (Å²) in [6, 6.07) is 4.58. The molecule has 1 atom stereocenters. The van der Waals surface area contributed by atoms with E-state index in [1.807, 2.05) is 0 Å². The van der Waals surface area contributed by atoms with Gasteiger partial charge in [0.25, 0.3) is 5.69 Å². The van der Waals surface area contributed by atoms with E-state index in [1.54, 1.807) is 18.4 Å². The van der Waals surface area contributed by atoms with Crippen molar-refractivity contribution in [3.63, 3.8) is 0 Å². The lowest BCUT2D eigenvalue weighted by atomic mass is 10.2. The van der Waals surface area contributed by atoms with Crippen LogP contribution < -0.4 is 5.32 Å². The van der Waals surface area contributed by atoms with Gasteiger partial charge in [-0.3, -0.25) is 14.3 Å². The lowest BCUT2D eigenvalue weighted by Gasteiger charge is -2.06. The van der Waals surface area contributed by atoms with Crippen molar-refractivity contribution in [1.82, 2.24) is 5.32 Å². The van der Waals surface area contributed by atoms with Crippen LogP contribution in [0.3, 0.4) is 0 Å². The molecule has 0 spiro atoms. The van der Waals surface area contributed by atoms with Gasteiger partial charge in [0.2, 0.25) is 0 Å². The van der Waals surface area contributed by atoms with Crippen LogP contribution in [0.15, 0.2) is 18.2 Å². The van der Waals surface area contributed by atoms with Crippen LogP contribution in [0.4, 0.5) is 5.69 Å². The third-order valence-corrected chi connectivity index (χ3v) is 3.29. The predicted octanol–water partition coefficient (Wildman–Crippen LogP) is 1.72. The molecule has 0 aliphatic carbocycles. The number of nitro groups is 1. The van der Waals surface area contributed by atoms with Gasteiger partial charge in [0.05, 0.1) is 15.5 Å². The Morgan fingerprint density at radius 1 is 1.53 bits per heavy atom. The molecule has 1 aromatic carbocycles. The van der Waals surface area contributed by atoms with E-state index in [0.717, 1.165) is 0 Å². The summed E-state index contributed by atoms with van der Waals surface area (Å²) >= 11 is 5.91. The molecule has 7 heteroatoms. The molecule has 0 saturated carbocycles. The topological polar surface area (TPSA) is 72.2 Å². The van der Waals surface area contributed by atoms with E-state index in [1.165, 1.54) is 6.07 Å². The van der Waals surface area contributed by atoms with Crippen molar-refractivity contribution in [2.24, 2.45) is 0 Å². The summed E-state index contributed by atoms with van der Waals surface area (Å²) in [5.41, 5.74) is 0.462. The lowest BCUT2D eigenvalue weighted by molar-refractivity contribution is -0.385. The molecule has 1 unspecified atom stereocenters. The Labute approximate surface area is 107 Å². The Hall–Kier alpha value is -0.980. The van der Waals surface area contributed by atoms with Crippen molar-refractivity contribution >= 4 is 28.1 Å². The van der Waals surface area contributed by atoms with Crippen molar-refractivity contribution in [2.45, 2.75) is 6.54 Å². The highest BCUT2D eigenvalue weighted by atomic mass is 35.5. The van der Waals surface area contributed by atoms with Gasteiger partial charge < -0.3 is 5.32 Å². The van der Waals surface area contributed by atoms with Crippen LogP contribution in [0.5, 0.6) is 0 Å². The summed E-state index contributed by atoms with van der Waals surface area (Å²) in [6.45, 7) is 0.832. The molecule has 0 saturated heterocycles. The molecule has 1 N–H and O–H groups in total. The highest BCUT2D eigenvalue weighted by molar-refractivity contribution is 7.84. The molecular formula is C10H13ClN2O3S. The van der Waals surface area contributed by atoms with Crippen LogP contribution in [0.1, 0.15) is 5.56 Å². The smallest absolute Gasteiger partial charge is 0.275 e. The van der Waals surface area contributed by atoms with Crippen molar-refractivity contribution in [3.05, 3.63) is 38.9 Å². The molecule has 0 bridgehead atoms. The number of rotatable bonds is 6. The van der Waals surface area contributed by atoms with Gasteiger partial charge in [0, 0.05) is 42.0 Å². The summed E-state index contributed by atoms with van der Waals surface area (Å²) in [7, 11) is -0.872. The summed E-state index contributed by atoms with van der Waals surface area (Å²) in [5, 5.41) is 14.1. The standard InChI is InChI=1S/C10H13ClN2O3S/c1-17(16)6-5-12-7-8-9(11)3-2-4-10(8)13(14)15/h2-4,12H,5-7H2,1H3. The van der Waals surface area contributed by atoms with E-state index in [2.05, 4.69) is 5.32 Å². The number of hydrogen-bond acceptors (Lipinski definition) is 4. The summed E-state index contributed by atoms with van der Waals surface area (Å²) in [4.78, 5) is 10.3. The predicted molar refractivity (Wildman–Crippen MR) is 68.7 cm³/mol. The minimum absolute atomic E-state index is 0.00243. The van der Waals surface area contributed by atoms with Gasteiger partial charge in [-0.2, -0.15) is 0 Å². The molecule has 0 radical (unpaired) electrons. The number of halogens is 1. The van der Waals surface area contributed by atoms with Gasteiger partial charge in [-0.1, -0.05) is 17.7 Å². The Morgan fingerprint density at radius 2 is 2.24 bits per heavy atom. The zero-order valence-corrected chi connectivity index (χ0v) is 10.9. The highest BCUT2D eigenvalue weighted by Crippen LogP contribution is 2.25. The molecule has 5 nitrogen and oxygen atoms in total. The molecule has 1 aromatic rings. The molecule has 94 valence electrons. The molecular weight excluding hydrogens is 264 g/mol. The van der Waals surface area contributed by atoms with Crippen molar-refractivity contribution in [3.8, 4) is 0 Å². The van der Waals surface area contributed by atoms with Gasteiger partial charge in [-0.05, 0) is 6.07 Å². The fourth-order valence-corrected chi connectivity index (χ4v) is 1.99. The second-order valence-electron chi connectivity index (χ2n) is 3.45. The zero-order chi connectivity index (χ0) is 12.8. The Balaban J connectivity index is 2.69. The molecule has 17 heavy (non-hydrogen) atoms. The fourth-order valence-electron chi connectivity index (χ4n) is 1.32. The second kappa shape index (κ2) is 6.68. The van der Waals surface area contributed by atoms with E-state index in [0.29, 0.717) is 29.4 Å². The summed E-state index contributed by atoms with van der Waals surface area (Å²) in [5.74, 6) is 0.512. The van der Waals surface area contributed by atoms with Crippen molar-refractivity contribution in [2.75, 3.05) is 18.6 Å². The molecule has 0 aliphatic rings. The van der Waals surface area contributed by atoms with Gasteiger partial charge in [-0.25, -0.2) is 0 Å². The van der Waals surface area contributed by atoms with Crippen LogP contribution in [0, 0.1) is 10.1 Å². The second-order valence-corrected chi connectivity index (χ2v) is 5.41. The van der Waals surface area contributed by atoms with Crippen molar-refractivity contribution < 1.29 is 9.13 Å². The van der Waals surface area contributed by atoms with Crippen LogP contribution >= 0.6 is 11.6 Å². The highest BCUT2D eigenvalue weighted by Gasteiger charge is 2.15. The minimum Gasteiger partial charge on any atom is -0.311 e. The van der Waals surface area contributed by atoms with E-state index in [-0.39, 0.29) is 5.69 Å². The maximum atomic E-state index is 10.8. The Morgan fingerprint density at radius 3 is 2.82 bits per heavy atom. The van der Waals surface area contributed by atoms with Gasteiger partial charge in [0.1, 0.15) is 0 Å². The number of hydrogen-bond donors (Lipinski definition) is 1. The van der Waals surface area contributed by atoms with Gasteiger partial charge in [-0.15, -0.1) is 0 Å². The molecule has 1 rings (SSSR count). The fraction of sp³-hybridized carbons (Fsp3) is 0.400. The van der Waals surface area contributed by atoms with Crippen LogP contribution in [0.2, 0.25) is 5.02 Å². The molecule has 0 fully saturated rings. The third-order valence-electron chi connectivity index (χ3n) is 2.16. The molecule has 0 aliphatic heterocycles. The average molecular weight is 277 g/mol. The number of nitrogens with zero attached hydrogens (tertiary/aromatic N) is 1. The summed E-state index contributed by atoms with van der Waals surface area (Å²) in [6.07, 6.45) is 1.61. The van der Waals surface area contributed by atoms with E-state index < -0.39 is 15.7 Å². The average Bonchev–Trinajstić information content (AvgIpc) is 2.25. The van der Waals surface area contributed by atoms with Gasteiger partial charge in [0.15, 0.2) is 0 Å². The first-order valence-electron chi connectivity index (χ1n) is 4.95. The van der Waals surface area contributed by atoms with Crippen LogP contribution in [-0.4, -0.2) is 27.7 Å². The lowest BCUT2D eigenvalue weighted by Crippen LogP contribution is -2.20. The number of benzene rings is 1. The molecule has 0 amide bonds. The maximum Gasteiger partial charge on any atom is 0.275 e. The summed E-state index contributed by atoms with van der Waals surface area (Å²) < 4.78 is 10.8. The van der Waals surface area contributed by atoms with E-state index in [4.69, 9.17) is 11.6 Å². The Bertz CT molecular complexity index is 440. The molecule has 0 aromatic heterocycles. The van der Waals surface area contributed by atoms with Gasteiger partial charge >= 0.3 is 0 Å². The van der Waals surface area contributed by atoms with Crippen LogP contribution in [0.25, 0.3) is 0 Å². The van der Waals surface area contributed by atoms with Crippen LogP contribution in [-0.2, 0) is 17.3 Å². The first-order valence-corrected chi connectivity index (χ1v) is 7.05. The Kier molecular flexibility index (Phi) is 5.54. The number of nitro benzene ring substituents is 1. The minimum atomic E-state index is -0.872. The SMILES string of the molecule is CS(=O)CCNCc1c(Cl)cccc1[N+](=O)[O-]. The first kappa shape index (κ1) is 14.1. The number of nitrogens with one attached hydrogen (secondary N) is 1. The monoisotopic (exact) mass is 276 g/mol. The largest absolute Gasteiger partial charge is 0.311 e. The first-order chi connectivity index (χ1) is 8.02. The molecule has 0 heterocycles.